The normalized spacial score (nSPS) is 10.5. The van der Waals surface area contributed by atoms with Crippen LogP contribution >= 0.6 is 11.6 Å². The molecule has 22 heavy (non-hydrogen) atoms. The Balaban J connectivity index is 1.67. The molecule has 0 saturated carbocycles. The molecule has 0 radical (unpaired) electrons. The Morgan fingerprint density at radius 3 is 2.64 bits per heavy atom. The van der Waals surface area contributed by atoms with E-state index in [1.54, 1.807) is 7.11 Å². The zero-order chi connectivity index (χ0) is 15.4. The molecule has 0 bridgehead atoms. The predicted octanol–water partition coefficient (Wildman–Crippen LogP) is 5.22. The molecule has 0 unspecified atom stereocenters. The van der Waals surface area contributed by atoms with Crippen molar-refractivity contribution in [2.45, 2.75) is 6.54 Å². The van der Waals surface area contributed by atoms with Crippen LogP contribution in [0.15, 0.2) is 65.1 Å². The van der Waals surface area contributed by atoms with Gasteiger partial charge < -0.3 is 14.5 Å². The number of halogens is 1. The van der Waals surface area contributed by atoms with Gasteiger partial charge in [-0.25, -0.2) is 0 Å². The average molecular weight is 314 g/mol. The molecule has 2 aromatic carbocycles. The van der Waals surface area contributed by atoms with Crippen molar-refractivity contribution in [2.24, 2.45) is 0 Å². The number of rotatable bonds is 5. The van der Waals surface area contributed by atoms with Gasteiger partial charge in [0.25, 0.3) is 0 Å². The van der Waals surface area contributed by atoms with Gasteiger partial charge in [0.15, 0.2) is 5.88 Å². The first kappa shape index (κ1) is 14.5. The van der Waals surface area contributed by atoms with Crippen LogP contribution in [0.3, 0.4) is 0 Å². The minimum absolute atomic E-state index is 0.671. The molecule has 0 amide bonds. The van der Waals surface area contributed by atoms with Crippen molar-refractivity contribution in [2.75, 3.05) is 12.4 Å². The van der Waals surface area contributed by atoms with Crippen LogP contribution in [0.1, 0.15) is 5.56 Å². The summed E-state index contributed by atoms with van der Waals surface area (Å²) in [7, 11) is 1.66. The number of benzene rings is 2. The van der Waals surface area contributed by atoms with Crippen molar-refractivity contribution in [1.29, 1.82) is 0 Å². The summed E-state index contributed by atoms with van der Waals surface area (Å²) >= 11 is 5.89. The van der Waals surface area contributed by atoms with Crippen LogP contribution in [0.4, 0.5) is 5.88 Å². The van der Waals surface area contributed by atoms with E-state index in [2.05, 4.69) is 5.32 Å². The molecule has 1 heterocycles. The van der Waals surface area contributed by atoms with Gasteiger partial charge in [-0.2, -0.15) is 0 Å². The quantitative estimate of drug-likeness (QED) is 0.701. The molecule has 0 spiro atoms. The summed E-state index contributed by atoms with van der Waals surface area (Å²) in [6.45, 7) is 0.671. The molecule has 3 aromatic rings. The molecule has 4 heteroatoms. The SMILES string of the molecule is COc1cccc(CNc2ccc(-c3ccc(Cl)cc3)o2)c1. The number of anilines is 1. The van der Waals surface area contributed by atoms with Gasteiger partial charge in [0.2, 0.25) is 0 Å². The molecule has 0 saturated heterocycles. The monoisotopic (exact) mass is 313 g/mol. The van der Waals surface area contributed by atoms with Crippen molar-refractivity contribution in [3.05, 3.63) is 71.2 Å². The highest BCUT2D eigenvalue weighted by Crippen LogP contribution is 2.26. The molecular formula is C18H16ClNO2. The predicted molar refractivity (Wildman–Crippen MR) is 89.5 cm³/mol. The molecule has 0 aliphatic carbocycles. The summed E-state index contributed by atoms with van der Waals surface area (Å²) in [4.78, 5) is 0. The highest BCUT2D eigenvalue weighted by molar-refractivity contribution is 6.30. The maximum absolute atomic E-state index is 5.89. The van der Waals surface area contributed by atoms with Gasteiger partial charge in [0, 0.05) is 23.2 Å². The molecular weight excluding hydrogens is 298 g/mol. The fourth-order valence-electron chi connectivity index (χ4n) is 2.17. The third-order valence-corrected chi connectivity index (χ3v) is 3.59. The topological polar surface area (TPSA) is 34.4 Å². The fraction of sp³-hybridized carbons (Fsp3) is 0.111. The van der Waals surface area contributed by atoms with Crippen LogP contribution in [0, 0.1) is 0 Å². The second kappa shape index (κ2) is 6.58. The molecule has 1 aromatic heterocycles. The first-order chi connectivity index (χ1) is 10.7. The molecule has 3 nitrogen and oxygen atoms in total. The van der Waals surface area contributed by atoms with Gasteiger partial charge in [0.1, 0.15) is 11.5 Å². The number of ether oxygens (including phenoxy) is 1. The summed E-state index contributed by atoms with van der Waals surface area (Å²) in [5.74, 6) is 2.39. The Kier molecular flexibility index (Phi) is 4.35. The van der Waals surface area contributed by atoms with Crippen molar-refractivity contribution in [1.82, 2.24) is 0 Å². The maximum Gasteiger partial charge on any atom is 0.193 e. The Hall–Kier alpha value is -2.39. The van der Waals surface area contributed by atoms with Crippen molar-refractivity contribution in [3.8, 4) is 17.1 Å². The molecule has 112 valence electrons. The zero-order valence-electron chi connectivity index (χ0n) is 12.2. The Morgan fingerprint density at radius 1 is 1.05 bits per heavy atom. The first-order valence-corrected chi connectivity index (χ1v) is 7.35. The highest BCUT2D eigenvalue weighted by atomic mass is 35.5. The Labute approximate surface area is 134 Å². The van der Waals surface area contributed by atoms with Crippen LogP contribution < -0.4 is 10.1 Å². The second-order valence-corrected chi connectivity index (χ2v) is 5.31. The summed E-state index contributed by atoms with van der Waals surface area (Å²) in [6, 6.07) is 19.4. The van der Waals surface area contributed by atoms with Crippen molar-refractivity contribution >= 4 is 17.5 Å². The Bertz CT molecular complexity index is 750. The highest BCUT2D eigenvalue weighted by Gasteiger charge is 2.05. The van der Waals surface area contributed by atoms with Gasteiger partial charge in [0.05, 0.1) is 7.11 Å². The Morgan fingerprint density at radius 2 is 1.86 bits per heavy atom. The summed E-state index contributed by atoms with van der Waals surface area (Å²) in [6.07, 6.45) is 0. The van der Waals surface area contributed by atoms with Crippen LogP contribution in [0.2, 0.25) is 5.02 Å². The lowest BCUT2D eigenvalue weighted by Gasteiger charge is -2.05. The van der Waals surface area contributed by atoms with Gasteiger partial charge in [-0.1, -0.05) is 23.7 Å². The van der Waals surface area contributed by atoms with Crippen molar-refractivity contribution in [3.63, 3.8) is 0 Å². The summed E-state index contributed by atoms with van der Waals surface area (Å²) in [5.41, 5.74) is 2.13. The molecule has 0 aliphatic rings. The van der Waals surface area contributed by atoms with E-state index in [9.17, 15) is 0 Å². The summed E-state index contributed by atoms with van der Waals surface area (Å²) in [5, 5.41) is 3.98. The van der Waals surface area contributed by atoms with E-state index in [1.807, 2.05) is 60.7 Å². The average Bonchev–Trinajstić information content (AvgIpc) is 3.03. The smallest absolute Gasteiger partial charge is 0.193 e. The van der Waals surface area contributed by atoms with E-state index in [-0.39, 0.29) is 0 Å². The van der Waals surface area contributed by atoms with E-state index < -0.39 is 0 Å². The van der Waals surface area contributed by atoms with Gasteiger partial charge in [-0.05, 0) is 48.0 Å². The minimum atomic E-state index is 0.671. The molecule has 0 aliphatic heterocycles. The van der Waals surface area contributed by atoms with Gasteiger partial charge in [-0.15, -0.1) is 0 Å². The van der Waals surface area contributed by atoms with E-state index in [0.717, 1.165) is 28.5 Å². The number of methoxy groups -OCH3 is 1. The molecule has 3 rings (SSSR count). The van der Waals surface area contributed by atoms with Crippen LogP contribution in [-0.4, -0.2) is 7.11 Å². The number of nitrogens with one attached hydrogen (secondary N) is 1. The van der Waals surface area contributed by atoms with Gasteiger partial charge in [-0.3, -0.25) is 0 Å². The first-order valence-electron chi connectivity index (χ1n) is 6.97. The second-order valence-electron chi connectivity index (χ2n) is 4.88. The fourth-order valence-corrected chi connectivity index (χ4v) is 2.30. The summed E-state index contributed by atoms with van der Waals surface area (Å²) < 4.78 is 11.0. The molecule has 1 N–H and O–H groups in total. The standard InChI is InChI=1S/C18H16ClNO2/c1-21-16-4-2-3-13(11-16)12-20-18-10-9-17(22-18)14-5-7-15(19)8-6-14/h2-11,20H,12H2,1H3. The third-order valence-electron chi connectivity index (χ3n) is 3.34. The lowest BCUT2D eigenvalue weighted by molar-refractivity contribution is 0.414. The van der Waals surface area contributed by atoms with Crippen LogP contribution in [0.5, 0.6) is 5.75 Å². The third kappa shape index (κ3) is 3.43. The molecule has 0 atom stereocenters. The molecule has 0 fully saturated rings. The lowest BCUT2D eigenvalue weighted by Crippen LogP contribution is -1.98. The van der Waals surface area contributed by atoms with Crippen LogP contribution in [0.25, 0.3) is 11.3 Å². The maximum atomic E-state index is 5.89. The lowest BCUT2D eigenvalue weighted by atomic mass is 10.2. The zero-order valence-corrected chi connectivity index (χ0v) is 12.9. The number of hydrogen-bond donors (Lipinski definition) is 1. The van der Waals surface area contributed by atoms with E-state index in [4.69, 9.17) is 20.8 Å². The minimum Gasteiger partial charge on any atom is -0.497 e. The van der Waals surface area contributed by atoms with E-state index in [1.165, 1.54) is 0 Å². The van der Waals surface area contributed by atoms with E-state index in [0.29, 0.717) is 11.6 Å². The van der Waals surface area contributed by atoms with Gasteiger partial charge >= 0.3 is 0 Å². The van der Waals surface area contributed by atoms with Crippen molar-refractivity contribution < 1.29 is 9.15 Å². The number of furan rings is 1. The van der Waals surface area contributed by atoms with Crippen LogP contribution in [-0.2, 0) is 6.54 Å². The number of hydrogen-bond acceptors (Lipinski definition) is 3. The largest absolute Gasteiger partial charge is 0.497 e. The van der Waals surface area contributed by atoms with E-state index >= 15 is 0 Å².